The third kappa shape index (κ3) is 5.32. The van der Waals surface area contributed by atoms with Gasteiger partial charge in [-0.25, -0.2) is 0 Å². The number of carbonyl (C=O) groups excluding carboxylic acids is 4. The Kier molecular flexibility index (Phi) is 6.60. The van der Waals surface area contributed by atoms with E-state index in [2.05, 4.69) is 20.9 Å². The smallest absolute Gasteiger partial charge is 0.278 e. The number of amides is 4. The molecule has 2 aromatic rings. The molecule has 4 rings (SSSR count). The molecule has 1 unspecified atom stereocenters. The minimum Gasteiger partial charge on any atom is -0.351 e. The molecule has 4 amide bonds. The van der Waals surface area contributed by atoms with Crippen molar-refractivity contribution >= 4 is 29.3 Å². The maximum atomic E-state index is 12.8. The van der Waals surface area contributed by atoms with Crippen molar-refractivity contribution in [3.05, 3.63) is 71.2 Å². The summed E-state index contributed by atoms with van der Waals surface area (Å²) in [6, 6.07) is 10.7. The fraction of sp³-hybridized carbons (Fsp3) is 0.292. The van der Waals surface area contributed by atoms with Crippen LogP contribution in [0.5, 0.6) is 0 Å². The second-order valence-electron chi connectivity index (χ2n) is 8.10. The number of carbonyl (C=O) groups is 4. The number of aromatic nitrogens is 1. The number of rotatable bonds is 8. The van der Waals surface area contributed by atoms with Crippen LogP contribution in [0.1, 0.15) is 29.7 Å². The zero-order valence-corrected chi connectivity index (χ0v) is 18.3. The third-order valence-electron chi connectivity index (χ3n) is 5.57. The zero-order chi connectivity index (χ0) is 23.4. The Hall–Kier alpha value is -3.85. The standard InChI is InChI=1S/C24H25N5O4/c1-15-5-6-17(14-26-15)13-25-10-9-16-3-2-4-18(11-16)27-19-12-22(31)29(24(19)33)20-7-8-21(30)28-23(20)32/h2-6,11-12,14,20,25,27H,7-10,13H2,1H3,(H,28,30,32). The molecule has 9 nitrogen and oxygen atoms in total. The summed E-state index contributed by atoms with van der Waals surface area (Å²) in [7, 11) is 0. The lowest BCUT2D eigenvalue weighted by molar-refractivity contribution is -0.149. The first-order chi connectivity index (χ1) is 15.9. The number of aryl methyl sites for hydroxylation is 1. The van der Waals surface area contributed by atoms with Crippen LogP contribution in [0.3, 0.4) is 0 Å². The summed E-state index contributed by atoms with van der Waals surface area (Å²) in [5, 5.41) is 8.56. The molecule has 2 aliphatic rings. The van der Waals surface area contributed by atoms with Crippen LogP contribution in [-0.2, 0) is 32.1 Å². The lowest BCUT2D eigenvalue weighted by Crippen LogP contribution is -2.54. The Balaban J connectivity index is 1.32. The van der Waals surface area contributed by atoms with E-state index in [1.54, 1.807) is 0 Å². The molecule has 1 saturated heterocycles. The molecule has 1 atom stereocenters. The quantitative estimate of drug-likeness (QED) is 0.411. The highest BCUT2D eigenvalue weighted by molar-refractivity contribution is 6.20. The molecule has 1 aromatic carbocycles. The van der Waals surface area contributed by atoms with E-state index >= 15 is 0 Å². The van der Waals surface area contributed by atoms with Crippen LogP contribution in [0.2, 0.25) is 0 Å². The molecule has 33 heavy (non-hydrogen) atoms. The predicted molar refractivity (Wildman–Crippen MR) is 121 cm³/mol. The van der Waals surface area contributed by atoms with Crippen molar-refractivity contribution in [2.24, 2.45) is 0 Å². The second kappa shape index (κ2) is 9.74. The summed E-state index contributed by atoms with van der Waals surface area (Å²) in [5.74, 6) is -2.17. The maximum absolute atomic E-state index is 12.8. The van der Waals surface area contributed by atoms with Crippen molar-refractivity contribution < 1.29 is 19.2 Å². The number of nitrogens with one attached hydrogen (secondary N) is 3. The molecular weight excluding hydrogens is 422 g/mol. The average Bonchev–Trinajstić information content (AvgIpc) is 3.06. The Bertz CT molecular complexity index is 1130. The topological polar surface area (TPSA) is 120 Å². The van der Waals surface area contributed by atoms with Gasteiger partial charge in [-0.05, 0) is 55.6 Å². The molecule has 2 aliphatic heterocycles. The van der Waals surface area contributed by atoms with Crippen molar-refractivity contribution in [1.82, 2.24) is 20.5 Å². The molecule has 0 saturated carbocycles. The number of pyridine rings is 1. The lowest BCUT2D eigenvalue weighted by Gasteiger charge is -2.28. The van der Waals surface area contributed by atoms with Gasteiger partial charge in [0.2, 0.25) is 11.8 Å². The van der Waals surface area contributed by atoms with Gasteiger partial charge in [0.15, 0.2) is 0 Å². The first kappa shape index (κ1) is 22.3. The van der Waals surface area contributed by atoms with Crippen LogP contribution in [0.4, 0.5) is 5.69 Å². The summed E-state index contributed by atoms with van der Waals surface area (Å²) in [6.45, 7) is 3.45. The van der Waals surface area contributed by atoms with Crippen molar-refractivity contribution in [1.29, 1.82) is 0 Å². The van der Waals surface area contributed by atoms with Crippen LogP contribution in [-0.4, -0.2) is 46.1 Å². The van der Waals surface area contributed by atoms with Gasteiger partial charge in [-0.1, -0.05) is 18.2 Å². The molecule has 1 aromatic heterocycles. The average molecular weight is 447 g/mol. The van der Waals surface area contributed by atoms with Crippen molar-refractivity contribution in [3.8, 4) is 0 Å². The first-order valence-corrected chi connectivity index (χ1v) is 10.8. The fourth-order valence-electron chi connectivity index (χ4n) is 3.83. The molecule has 3 heterocycles. The van der Waals surface area contributed by atoms with E-state index in [1.807, 2.05) is 49.5 Å². The number of benzene rings is 1. The van der Waals surface area contributed by atoms with E-state index in [0.29, 0.717) is 5.69 Å². The zero-order valence-electron chi connectivity index (χ0n) is 18.3. The summed E-state index contributed by atoms with van der Waals surface area (Å²) < 4.78 is 0. The van der Waals surface area contributed by atoms with Crippen LogP contribution < -0.4 is 16.0 Å². The number of hydrogen-bond donors (Lipinski definition) is 3. The third-order valence-corrected chi connectivity index (χ3v) is 5.57. The summed E-state index contributed by atoms with van der Waals surface area (Å²) in [6.07, 6.45) is 4.05. The van der Waals surface area contributed by atoms with E-state index in [9.17, 15) is 19.2 Å². The lowest BCUT2D eigenvalue weighted by atomic mass is 10.0. The normalized spacial score (nSPS) is 18.4. The molecule has 0 bridgehead atoms. The predicted octanol–water partition coefficient (Wildman–Crippen LogP) is 1.19. The van der Waals surface area contributed by atoms with Crippen LogP contribution in [0, 0.1) is 6.92 Å². The Morgan fingerprint density at radius 1 is 1.12 bits per heavy atom. The Morgan fingerprint density at radius 2 is 1.97 bits per heavy atom. The van der Waals surface area contributed by atoms with Gasteiger partial charge < -0.3 is 10.6 Å². The number of anilines is 1. The molecule has 9 heteroatoms. The largest absolute Gasteiger partial charge is 0.351 e. The fourth-order valence-corrected chi connectivity index (χ4v) is 3.83. The van der Waals surface area contributed by atoms with E-state index < -0.39 is 29.7 Å². The van der Waals surface area contributed by atoms with Crippen LogP contribution in [0.25, 0.3) is 0 Å². The number of nitrogens with zero attached hydrogens (tertiary/aromatic N) is 2. The molecule has 1 fully saturated rings. The summed E-state index contributed by atoms with van der Waals surface area (Å²) in [5.41, 5.74) is 3.95. The van der Waals surface area contributed by atoms with Gasteiger partial charge in [0.1, 0.15) is 11.7 Å². The minimum atomic E-state index is -0.973. The highest BCUT2D eigenvalue weighted by Gasteiger charge is 2.42. The molecule has 0 radical (unpaired) electrons. The molecular formula is C24H25N5O4. The van der Waals surface area contributed by atoms with Gasteiger partial charge in [-0.15, -0.1) is 0 Å². The molecule has 170 valence electrons. The van der Waals surface area contributed by atoms with E-state index in [-0.39, 0.29) is 18.5 Å². The van der Waals surface area contributed by atoms with E-state index in [4.69, 9.17) is 0 Å². The number of imide groups is 2. The highest BCUT2D eigenvalue weighted by atomic mass is 16.2. The van der Waals surface area contributed by atoms with Gasteiger partial charge in [-0.3, -0.25) is 34.4 Å². The van der Waals surface area contributed by atoms with Gasteiger partial charge in [0, 0.05) is 36.6 Å². The Labute approximate surface area is 191 Å². The molecule has 0 spiro atoms. The summed E-state index contributed by atoms with van der Waals surface area (Å²) >= 11 is 0. The Morgan fingerprint density at radius 3 is 2.73 bits per heavy atom. The van der Waals surface area contributed by atoms with Crippen molar-refractivity contribution in [3.63, 3.8) is 0 Å². The minimum absolute atomic E-state index is 0.0900. The molecule has 0 aliphatic carbocycles. The first-order valence-electron chi connectivity index (χ1n) is 10.8. The van der Waals surface area contributed by atoms with E-state index in [1.165, 1.54) is 6.08 Å². The van der Waals surface area contributed by atoms with Crippen molar-refractivity contribution in [2.75, 3.05) is 11.9 Å². The van der Waals surface area contributed by atoms with Gasteiger partial charge in [0.25, 0.3) is 11.8 Å². The number of hydrogen-bond acceptors (Lipinski definition) is 7. The van der Waals surface area contributed by atoms with Crippen molar-refractivity contribution in [2.45, 2.75) is 38.8 Å². The number of piperidine rings is 1. The van der Waals surface area contributed by atoms with Gasteiger partial charge in [-0.2, -0.15) is 0 Å². The van der Waals surface area contributed by atoms with Gasteiger partial charge in [0.05, 0.1) is 0 Å². The summed E-state index contributed by atoms with van der Waals surface area (Å²) in [4.78, 5) is 53.8. The van der Waals surface area contributed by atoms with E-state index in [0.717, 1.165) is 41.2 Å². The SMILES string of the molecule is Cc1ccc(CNCCc2cccc(NC3=CC(=O)N(C4CCC(=O)NC4=O)C3=O)c2)cn1. The van der Waals surface area contributed by atoms with Crippen LogP contribution in [0.15, 0.2) is 54.4 Å². The second-order valence-corrected chi connectivity index (χ2v) is 8.10. The van der Waals surface area contributed by atoms with Gasteiger partial charge >= 0.3 is 0 Å². The monoisotopic (exact) mass is 447 g/mol. The van der Waals surface area contributed by atoms with Crippen LogP contribution >= 0.6 is 0 Å². The maximum Gasteiger partial charge on any atom is 0.278 e. The molecule has 3 N–H and O–H groups in total. The highest BCUT2D eigenvalue weighted by Crippen LogP contribution is 2.23.